The molecule has 26 heavy (non-hydrogen) atoms. The second kappa shape index (κ2) is 8.11. The van der Waals surface area contributed by atoms with Crippen molar-refractivity contribution in [3.8, 4) is 17.4 Å². The Balaban J connectivity index is 1.68. The monoisotopic (exact) mass is 349 g/mol. The van der Waals surface area contributed by atoms with Crippen molar-refractivity contribution >= 4 is 5.91 Å². The lowest BCUT2D eigenvalue weighted by molar-refractivity contribution is 0.1000. The first kappa shape index (κ1) is 17.4. The van der Waals surface area contributed by atoms with Crippen LogP contribution in [0.5, 0.6) is 17.4 Å². The Hall–Kier alpha value is -3.41. The van der Waals surface area contributed by atoms with Crippen LogP contribution in [0.4, 0.5) is 0 Å². The van der Waals surface area contributed by atoms with E-state index in [1.165, 1.54) is 0 Å². The zero-order valence-corrected chi connectivity index (χ0v) is 14.3. The Bertz CT molecular complexity index is 850. The summed E-state index contributed by atoms with van der Waals surface area (Å²) in [5.74, 6) is 1.30. The van der Waals surface area contributed by atoms with Crippen molar-refractivity contribution in [2.24, 2.45) is 5.73 Å². The number of rotatable bonds is 7. The number of carbonyl (C=O) groups excluding carboxylic acids is 1. The molecular weight excluding hydrogens is 330 g/mol. The van der Waals surface area contributed by atoms with E-state index in [-0.39, 0.29) is 6.10 Å². The topological polar surface area (TPSA) is 87.3 Å². The van der Waals surface area contributed by atoms with Crippen LogP contribution in [0.15, 0.2) is 67.0 Å². The van der Waals surface area contributed by atoms with E-state index in [4.69, 9.17) is 15.2 Å². The average Bonchev–Trinajstić information content (AvgIpc) is 2.68. The van der Waals surface area contributed by atoms with Crippen molar-refractivity contribution in [2.75, 3.05) is 0 Å². The fourth-order valence-corrected chi connectivity index (χ4v) is 2.39. The van der Waals surface area contributed by atoms with Gasteiger partial charge in [-0.05, 0) is 48.9 Å². The lowest BCUT2D eigenvalue weighted by atomic mass is 10.1. The molecule has 3 aromatic rings. The Labute approximate surface area is 151 Å². The predicted molar refractivity (Wildman–Crippen MR) is 97.2 cm³/mol. The summed E-state index contributed by atoms with van der Waals surface area (Å²) in [6.07, 6.45) is 3.84. The Kier molecular flexibility index (Phi) is 5.43. The Morgan fingerprint density at radius 2 is 1.81 bits per heavy atom. The SMILES string of the molecule is CC[C@@H](Oc1ccc(C(N)=O)cc1)c1ccc(Oc2ccccn2)cn1. The number of hydrogen-bond acceptors (Lipinski definition) is 5. The molecule has 1 atom stereocenters. The van der Waals surface area contributed by atoms with Gasteiger partial charge in [0.05, 0.1) is 11.9 Å². The van der Waals surface area contributed by atoms with E-state index in [0.717, 1.165) is 12.1 Å². The number of aromatic nitrogens is 2. The van der Waals surface area contributed by atoms with Crippen molar-refractivity contribution in [1.29, 1.82) is 0 Å². The van der Waals surface area contributed by atoms with Gasteiger partial charge in [-0.1, -0.05) is 13.0 Å². The fourth-order valence-electron chi connectivity index (χ4n) is 2.39. The molecule has 2 N–H and O–H groups in total. The molecule has 0 spiro atoms. The molecule has 3 rings (SSSR count). The molecule has 1 amide bonds. The molecule has 132 valence electrons. The summed E-state index contributed by atoms with van der Waals surface area (Å²) < 4.78 is 11.6. The first-order valence-corrected chi connectivity index (χ1v) is 8.27. The van der Waals surface area contributed by atoms with Gasteiger partial charge >= 0.3 is 0 Å². The first-order chi connectivity index (χ1) is 12.7. The van der Waals surface area contributed by atoms with Gasteiger partial charge in [-0.3, -0.25) is 9.78 Å². The van der Waals surface area contributed by atoms with Gasteiger partial charge in [-0.2, -0.15) is 0 Å². The van der Waals surface area contributed by atoms with E-state index in [9.17, 15) is 4.79 Å². The van der Waals surface area contributed by atoms with Crippen molar-refractivity contribution < 1.29 is 14.3 Å². The van der Waals surface area contributed by atoms with E-state index < -0.39 is 5.91 Å². The van der Waals surface area contributed by atoms with E-state index in [1.807, 2.05) is 31.2 Å². The van der Waals surface area contributed by atoms with Gasteiger partial charge in [0.15, 0.2) is 0 Å². The summed E-state index contributed by atoms with van der Waals surface area (Å²) in [6.45, 7) is 2.02. The lowest BCUT2D eigenvalue weighted by Gasteiger charge is -2.17. The predicted octanol–water partition coefficient (Wildman–Crippen LogP) is 3.90. The van der Waals surface area contributed by atoms with Gasteiger partial charge in [0, 0.05) is 17.8 Å². The van der Waals surface area contributed by atoms with Gasteiger partial charge in [0.25, 0.3) is 0 Å². The molecule has 0 unspecified atom stereocenters. The van der Waals surface area contributed by atoms with Crippen molar-refractivity contribution in [3.63, 3.8) is 0 Å². The number of amides is 1. The molecule has 0 aliphatic carbocycles. The zero-order chi connectivity index (χ0) is 18.4. The normalized spacial score (nSPS) is 11.6. The summed E-state index contributed by atoms with van der Waals surface area (Å²) in [6, 6.07) is 15.9. The van der Waals surface area contributed by atoms with Gasteiger partial charge in [-0.25, -0.2) is 4.98 Å². The van der Waals surface area contributed by atoms with Crippen LogP contribution in [0.25, 0.3) is 0 Å². The first-order valence-electron chi connectivity index (χ1n) is 8.27. The summed E-state index contributed by atoms with van der Waals surface area (Å²) in [5.41, 5.74) is 6.48. The van der Waals surface area contributed by atoms with Crippen LogP contribution in [-0.4, -0.2) is 15.9 Å². The molecule has 0 saturated carbocycles. The molecule has 0 aliphatic rings. The highest BCUT2D eigenvalue weighted by Gasteiger charge is 2.13. The summed E-state index contributed by atoms with van der Waals surface area (Å²) in [7, 11) is 0. The maximum absolute atomic E-state index is 11.1. The number of carbonyl (C=O) groups is 1. The third-order valence-electron chi connectivity index (χ3n) is 3.74. The standard InChI is InChI=1S/C20H19N3O3/c1-2-18(25-15-8-6-14(7-9-15)20(21)24)17-11-10-16(13-23-17)26-19-5-3-4-12-22-19/h3-13,18H,2H2,1H3,(H2,21,24)/t18-/m1/s1. The molecule has 0 aliphatic heterocycles. The third-order valence-corrected chi connectivity index (χ3v) is 3.74. The molecule has 0 saturated heterocycles. The molecule has 6 heteroatoms. The maximum Gasteiger partial charge on any atom is 0.248 e. The summed E-state index contributed by atoms with van der Waals surface area (Å²) >= 11 is 0. The maximum atomic E-state index is 11.1. The van der Waals surface area contributed by atoms with Crippen molar-refractivity contribution in [1.82, 2.24) is 9.97 Å². The van der Waals surface area contributed by atoms with E-state index in [0.29, 0.717) is 22.9 Å². The second-order valence-corrected chi connectivity index (χ2v) is 5.59. The van der Waals surface area contributed by atoms with Gasteiger partial charge in [0.1, 0.15) is 17.6 Å². The smallest absolute Gasteiger partial charge is 0.248 e. The average molecular weight is 349 g/mol. The van der Waals surface area contributed by atoms with E-state index in [1.54, 1.807) is 42.7 Å². The van der Waals surface area contributed by atoms with Crippen LogP contribution in [0, 0.1) is 0 Å². The molecule has 0 bridgehead atoms. The summed E-state index contributed by atoms with van der Waals surface area (Å²) in [5, 5.41) is 0. The van der Waals surface area contributed by atoms with Crippen LogP contribution in [0.1, 0.15) is 35.5 Å². The minimum atomic E-state index is -0.464. The highest BCUT2D eigenvalue weighted by molar-refractivity contribution is 5.92. The molecule has 6 nitrogen and oxygen atoms in total. The van der Waals surface area contributed by atoms with Crippen molar-refractivity contribution in [2.45, 2.75) is 19.4 Å². The van der Waals surface area contributed by atoms with Gasteiger partial charge in [-0.15, -0.1) is 0 Å². The molecular formula is C20H19N3O3. The number of ether oxygens (including phenoxy) is 2. The van der Waals surface area contributed by atoms with Gasteiger partial charge < -0.3 is 15.2 Å². The number of benzene rings is 1. The van der Waals surface area contributed by atoms with Crippen LogP contribution in [0.3, 0.4) is 0 Å². The molecule has 0 fully saturated rings. The number of hydrogen-bond donors (Lipinski definition) is 1. The van der Waals surface area contributed by atoms with E-state index in [2.05, 4.69) is 9.97 Å². The minimum Gasteiger partial charge on any atom is -0.484 e. The molecule has 1 aromatic carbocycles. The van der Waals surface area contributed by atoms with Crippen LogP contribution in [-0.2, 0) is 0 Å². The highest BCUT2D eigenvalue weighted by atomic mass is 16.5. The van der Waals surface area contributed by atoms with Crippen molar-refractivity contribution in [3.05, 3.63) is 78.2 Å². The second-order valence-electron chi connectivity index (χ2n) is 5.59. The Morgan fingerprint density at radius 3 is 2.38 bits per heavy atom. The number of nitrogens with zero attached hydrogens (tertiary/aromatic N) is 2. The van der Waals surface area contributed by atoms with Crippen LogP contribution < -0.4 is 15.2 Å². The van der Waals surface area contributed by atoms with Crippen LogP contribution >= 0.6 is 0 Å². The third kappa shape index (κ3) is 4.36. The van der Waals surface area contributed by atoms with E-state index >= 15 is 0 Å². The molecule has 0 radical (unpaired) electrons. The number of primary amides is 1. The summed E-state index contributed by atoms with van der Waals surface area (Å²) in [4.78, 5) is 19.7. The highest BCUT2D eigenvalue weighted by Crippen LogP contribution is 2.26. The minimum absolute atomic E-state index is 0.210. The quantitative estimate of drug-likeness (QED) is 0.699. The van der Waals surface area contributed by atoms with Crippen LogP contribution in [0.2, 0.25) is 0 Å². The molecule has 2 aromatic heterocycles. The molecule has 2 heterocycles. The Morgan fingerprint density at radius 1 is 1.04 bits per heavy atom. The number of nitrogens with two attached hydrogens (primary N) is 1. The fraction of sp³-hybridized carbons (Fsp3) is 0.150. The largest absolute Gasteiger partial charge is 0.484 e. The lowest BCUT2D eigenvalue weighted by Crippen LogP contribution is -2.11. The number of pyridine rings is 2. The zero-order valence-electron chi connectivity index (χ0n) is 14.3. The van der Waals surface area contributed by atoms with Gasteiger partial charge in [0.2, 0.25) is 11.8 Å².